The summed E-state index contributed by atoms with van der Waals surface area (Å²) in [6, 6.07) is 18.8. The molecule has 0 N–H and O–H groups in total. The maximum atomic E-state index is 12.3. The largest absolute Gasteiger partial charge is 0.496 e. The molecular formula is C19H15ClO3. The first kappa shape index (κ1) is 15.4. The van der Waals surface area contributed by atoms with Gasteiger partial charge in [-0.2, -0.15) is 0 Å². The predicted octanol–water partition coefficient (Wildman–Crippen LogP) is 4.86. The maximum absolute atomic E-state index is 12.3. The first-order chi connectivity index (χ1) is 11.2. The summed E-state index contributed by atoms with van der Waals surface area (Å²) in [4.78, 5) is 12.3. The maximum Gasteiger partial charge on any atom is 0.342 e. The molecule has 0 aliphatic rings. The van der Waals surface area contributed by atoms with Gasteiger partial charge in [-0.3, -0.25) is 0 Å². The molecule has 0 spiro atoms. The highest BCUT2D eigenvalue weighted by atomic mass is 35.5. The topological polar surface area (TPSA) is 35.5 Å². The zero-order valence-corrected chi connectivity index (χ0v) is 13.3. The molecule has 116 valence electrons. The van der Waals surface area contributed by atoms with E-state index < -0.39 is 5.97 Å². The molecule has 3 aromatic carbocycles. The van der Waals surface area contributed by atoms with Crippen molar-refractivity contribution in [3.05, 3.63) is 76.8 Å². The third-order valence-corrected chi connectivity index (χ3v) is 3.86. The van der Waals surface area contributed by atoms with Gasteiger partial charge in [-0.1, -0.05) is 54.1 Å². The predicted molar refractivity (Wildman–Crippen MR) is 91.1 cm³/mol. The molecule has 0 amide bonds. The second kappa shape index (κ2) is 6.71. The Morgan fingerprint density at radius 2 is 1.83 bits per heavy atom. The van der Waals surface area contributed by atoms with E-state index in [0.717, 1.165) is 16.3 Å². The van der Waals surface area contributed by atoms with Gasteiger partial charge in [-0.25, -0.2) is 4.79 Å². The standard InChI is InChI=1S/C19H15ClO3/c1-22-18-10-9-15(20)11-17(18)19(21)23-12-14-7-4-6-13-5-2-3-8-16(13)14/h2-11H,12H2,1H3. The minimum absolute atomic E-state index is 0.190. The summed E-state index contributed by atoms with van der Waals surface area (Å²) in [5, 5.41) is 2.64. The third-order valence-electron chi connectivity index (χ3n) is 3.62. The summed E-state index contributed by atoms with van der Waals surface area (Å²) in [7, 11) is 1.50. The Kier molecular flexibility index (Phi) is 4.49. The van der Waals surface area contributed by atoms with Crippen LogP contribution in [0.4, 0.5) is 0 Å². The van der Waals surface area contributed by atoms with Crippen LogP contribution in [0.1, 0.15) is 15.9 Å². The molecule has 3 nitrogen and oxygen atoms in total. The molecule has 0 aliphatic carbocycles. The van der Waals surface area contributed by atoms with Crippen LogP contribution in [-0.2, 0) is 11.3 Å². The van der Waals surface area contributed by atoms with Crippen molar-refractivity contribution in [3.63, 3.8) is 0 Å². The van der Waals surface area contributed by atoms with E-state index in [2.05, 4.69) is 0 Å². The molecule has 3 aromatic rings. The van der Waals surface area contributed by atoms with Gasteiger partial charge in [0, 0.05) is 5.02 Å². The van der Waals surface area contributed by atoms with E-state index in [0.29, 0.717) is 16.3 Å². The lowest BCUT2D eigenvalue weighted by Crippen LogP contribution is -2.07. The van der Waals surface area contributed by atoms with Crippen LogP contribution in [0.3, 0.4) is 0 Å². The number of benzene rings is 3. The molecule has 4 heteroatoms. The lowest BCUT2D eigenvalue weighted by Gasteiger charge is -2.10. The number of hydrogen-bond donors (Lipinski definition) is 0. The summed E-state index contributed by atoms with van der Waals surface area (Å²) in [5.41, 5.74) is 1.28. The second-order valence-corrected chi connectivity index (χ2v) is 5.50. The van der Waals surface area contributed by atoms with Gasteiger partial charge in [0.15, 0.2) is 0 Å². The Morgan fingerprint density at radius 3 is 2.65 bits per heavy atom. The van der Waals surface area contributed by atoms with Gasteiger partial charge < -0.3 is 9.47 Å². The van der Waals surface area contributed by atoms with Gasteiger partial charge in [0.25, 0.3) is 0 Å². The van der Waals surface area contributed by atoms with Gasteiger partial charge in [0.05, 0.1) is 7.11 Å². The van der Waals surface area contributed by atoms with E-state index >= 15 is 0 Å². The van der Waals surface area contributed by atoms with Gasteiger partial charge in [-0.05, 0) is 34.5 Å². The fraction of sp³-hybridized carbons (Fsp3) is 0.105. The van der Waals surface area contributed by atoms with Crippen molar-refractivity contribution < 1.29 is 14.3 Å². The number of fused-ring (bicyclic) bond motifs is 1. The van der Waals surface area contributed by atoms with Crippen LogP contribution < -0.4 is 4.74 Å². The highest BCUT2D eigenvalue weighted by Crippen LogP contribution is 2.24. The third kappa shape index (κ3) is 3.30. The average Bonchev–Trinajstić information content (AvgIpc) is 2.59. The number of esters is 1. The second-order valence-electron chi connectivity index (χ2n) is 5.06. The summed E-state index contributed by atoms with van der Waals surface area (Å²) in [6.45, 7) is 0.190. The van der Waals surface area contributed by atoms with Gasteiger partial charge >= 0.3 is 5.97 Å². The van der Waals surface area contributed by atoms with Crippen molar-refractivity contribution in [1.29, 1.82) is 0 Å². The van der Waals surface area contributed by atoms with Crippen LogP contribution in [0.5, 0.6) is 5.75 Å². The molecule has 0 saturated heterocycles. The summed E-state index contributed by atoms with van der Waals surface area (Å²) < 4.78 is 10.6. The quantitative estimate of drug-likeness (QED) is 0.642. The number of carbonyl (C=O) groups is 1. The van der Waals surface area contributed by atoms with E-state index in [9.17, 15) is 4.79 Å². The Morgan fingerprint density at radius 1 is 1.04 bits per heavy atom. The van der Waals surface area contributed by atoms with Crippen molar-refractivity contribution in [2.75, 3.05) is 7.11 Å². The van der Waals surface area contributed by atoms with Crippen LogP contribution in [0.15, 0.2) is 60.7 Å². The van der Waals surface area contributed by atoms with Crippen LogP contribution in [0.2, 0.25) is 5.02 Å². The number of halogens is 1. The number of ether oxygens (including phenoxy) is 2. The van der Waals surface area contributed by atoms with E-state index in [-0.39, 0.29) is 6.61 Å². The smallest absolute Gasteiger partial charge is 0.342 e. The fourth-order valence-corrected chi connectivity index (χ4v) is 2.65. The highest BCUT2D eigenvalue weighted by Gasteiger charge is 2.15. The first-order valence-electron chi connectivity index (χ1n) is 7.16. The van der Waals surface area contributed by atoms with E-state index in [1.54, 1.807) is 18.2 Å². The normalized spacial score (nSPS) is 10.5. The molecule has 0 atom stereocenters. The van der Waals surface area contributed by atoms with Gasteiger partial charge in [0.2, 0.25) is 0 Å². The molecule has 3 rings (SSSR count). The highest BCUT2D eigenvalue weighted by molar-refractivity contribution is 6.31. The molecule has 0 unspecified atom stereocenters. The fourth-order valence-electron chi connectivity index (χ4n) is 2.48. The molecule has 0 saturated carbocycles. The first-order valence-corrected chi connectivity index (χ1v) is 7.54. The molecule has 0 aromatic heterocycles. The lowest BCUT2D eigenvalue weighted by atomic mass is 10.1. The van der Waals surface area contributed by atoms with Crippen LogP contribution in [0.25, 0.3) is 10.8 Å². The summed E-state index contributed by atoms with van der Waals surface area (Å²) in [5.74, 6) is -0.0189. The van der Waals surface area contributed by atoms with Crippen LogP contribution >= 0.6 is 11.6 Å². The van der Waals surface area contributed by atoms with Crippen molar-refractivity contribution in [3.8, 4) is 5.75 Å². The minimum Gasteiger partial charge on any atom is -0.496 e. The van der Waals surface area contributed by atoms with Crippen LogP contribution in [0, 0.1) is 0 Å². The Balaban J connectivity index is 1.83. The van der Waals surface area contributed by atoms with E-state index in [1.807, 2.05) is 42.5 Å². The summed E-state index contributed by atoms with van der Waals surface area (Å²) >= 11 is 5.95. The molecular weight excluding hydrogens is 312 g/mol. The Bertz CT molecular complexity index is 853. The Hall–Kier alpha value is -2.52. The monoisotopic (exact) mass is 326 g/mol. The van der Waals surface area contributed by atoms with Crippen molar-refractivity contribution in [2.24, 2.45) is 0 Å². The van der Waals surface area contributed by atoms with E-state index in [4.69, 9.17) is 21.1 Å². The Labute approximate surface area is 139 Å². The van der Waals surface area contributed by atoms with Gasteiger partial charge in [0.1, 0.15) is 17.9 Å². The summed E-state index contributed by atoms with van der Waals surface area (Å²) in [6.07, 6.45) is 0. The van der Waals surface area contributed by atoms with E-state index in [1.165, 1.54) is 7.11 Å². The number of rotatable bonds is 4. The minimum atomic E-state index is -0.461. The number of methoxy groups -OCH3 is 1. The molecule has 23 heavy (non-hydrogen) atoms. The zero-order valence-electron chi connectivity index (χ0n) is 12.6. The molecule has 0 bridgehead atoms. The number of hydrogen-bond acceptors (Lipinski definition) is 3. The molecule has 0 fully saturated rings. The van der Waals surface area contributed by atoms with Crippen molar-refractivity contribution in [1.82, 2.24) is 0 Å². The molecule has 0 radical (unpaired) electrons. The average molecular weight is 327 g/mol. The molecule has 0 heterocycles. The molecule has 0 aliphatic heterocycles. The van der Waals surface area contributed by atoms with Gasteiger partial charge in [-0.15, -0.1) is 0 Å². The zero-order chi connectivity index (χ0) is 16.2. The lowest BCUT2D eigenvalue weighted by molar-refractivity contribution is 0.0471. The van der Waals surface area contributed by atoms with Crippen molar-refractivity contribution in [2.45, 2.75) is 6.61 Å². The van der Waals surface area contributed by atoms with Crippen LogP contribution in [-0.4, -0.2) is 13.1 Å². The SMILES string of the molecule is COc1ccc(Cl)cc1C(=O)OCc1cccc2ccccc12. The number of carbonyl (C=O) groups excluding carboxylic acids is 1. The van der Waals surface area contributed by atoms with Crippen molar-refractivity contribution >= 4 is 28.3 Å².